The highest BCUT2D eigenvalue weighted by Crippen LogP contribution is 2.29. The molecule has 0 fully saturated rings. The number of nitrogens with one attached hydrogen (secondary N) is 1. The third kappa shape index (κ3) is 3.93. The van der Waals surface area contributed by atoms with E-state index in [4.69, 9.17) is 0 Å². The van der Waals surface area contributed by atoms with Crippen LogP contribution in [0.4, 0.5) is 10.8 Å². The molecule has 8 nitrogen and oxygen atoms in total. The van der Waals surface area contributed by atoms with Crippen LogP contribution in [0, 0.1) is 10.1 Å². The van der Waals surface area contributed by atoms with Crippen LogP contribution in [0.15, 0.2) is 33.5 Å². The monoisotopic (exact) mass is 360 g/mol. The fourth-order valence-electron chi connectivity index (χ4n) is 1.50. The first-order valence-corrected chi connectivity index (χ1v) is 9.45. The van der Waals surface area contributed by atoms with Gasteiger partial charge in [-0.2, -0.15) is 0 Å². The Kier molecular flexibility index (Phi) is 5.32. The summed E-state index contributed by atoms with van der Waals surface area (Å²) in [5.74, 6) is 0.853. The summed E-state index contributed by atoms with van der Waals surface area (Å²) in [5, 5.41) is 18.6. The molecule has 1 heterocycles. The second-order valence-electron chi connectivity index (χ2n) is 4.05. The van der Waals surface area contributed by atoms with E-state index in [0.29, 0.717) is 4.34 Å². The van der Waals surface area contributed by atoms with E-state index in [-0.39, 0.29) is 5.13 Å². The molecule has 11 heteroatoms. The Morgan fingerprint density at radius 2 is 2.09 bits per heavy atom. The normalized spacial score (nSPS) is 11.3. The minimum absolute atomic E-state index is 0.0803. The van der Waals surface area contributed by atoms with Crippen LogP contribution in [0.3, 0.4) is 0 Å². The predicted octanol–water partition coefficient (Wildman–Crippen LogP) is 2.75. The SMILES string of the molecule is CCCSc1nnc(NS(=O)(=O)c2ccccc2[N+](=O)[O-])s1. The highest BCUT2D eigenvalue weighted by molar-refractivity contribution is 8.01. The van der Waals surface area contributed by atoms with Gasteiger partial charge in [-0.1, -0.05) is 42.2 Å². The van der Waals surface area contributed by atoms with E-state index >= 15 is 0 Å². The van der Waals surface area contributed by atoms with E-state index in [1.807, 2.05) is 6.92 Å². The lowest BCUT2D eigenvalue weighted by atomic mass is 10.3. The van der Waals surface area contributed by atoms with Crippen molar-refractivity contribution in [2.24, 2.45) is 0 Å². The maximum atomic E-state index is 12.3. The molecule has 0 saturated carbocycles. The molecule has 2 rings (SSSR count). The summed E-state index contributed by atoms with van der Waals surface area (Å²) in [6.45, 7) is 2.02. The van der Waals surface area contributed by atoms with E-state index in [1.165, 1.54) is 30.0 Å². The van der Waals surface area contributed by atoms with Gasteiger partial charge in [0.05, 0.1) is 4.92 Å². The second-order valence-corrected chi connectivity index (χ2v) is 8.02. The lowest BCUT2D eigenvalue weighted by Crippen LogP contribution is -2.14. The number of nitro benzene ring substituents is 1. The van der Waals surface area contributed by atoms with Crippen LogP contribution in [0.1, 0.15) is 13.3 Å². The number of benzene rings is 1. The summed E-state index contributed by atoms with van der Waals surface area (Å²) in [6, 6.07) is 5.14. The molecule has 1 aromatic heterocycles. The fraction of sp³-hybridized carbons (Fsp3) is 0.273. The Hall–Kier alpha value is -1.72. The van der Waals surface area contributed by atoms with Crippen molar-refractivity contribution < 1.29 is 13.3 Å². The largest absolute Gasteiger partial charge is 0.289 e. The standard InChI is InChI=1S/C11H12N4O4S3/c1-2-7-20-11-13-12-10(21-11)14-22(18,19)9-6-4-3-5-8(9)15(16)17/h3-6H,2,7H2,1H3,(H,12,14). The summed E-state index contributed by atoms with van der Waals surface area (Å²) in [4.78, 5) is 9.78. The van der Waals surface area contributed by atoms with Crippen LogP contribution in [0.5, 0.6) is 0 Å². The first-order valence-electron chi connectivity index (χ1n) is 6.16. The van der Waals surface area contributed by atoms with Crippen molar-refractivity contribution >= 4 is 43.9 Å². The molecule has 0 saturated heterocycles. The van der Waals surface area contributed by atoms with Gasteiger partial charge in [-0.3, -0.25) is 14.8 Å². The van der Waals surface area contributed by atoms with Crippen molar-refractivity contribution in [3.8, 4) is 0 Å². The Balaban J connectivity index is 2.25. The minimum Gasteiger partial charge on any atom is -0.258 e. The Morgan fingerprint density at radius 3 is 2.77 bits per heavy atom. The van der Waals surface area contributed by atoms with E-state index in [2.05, 4.69) is 14.9 Å². The molecule has 0 aliphatic heterocycles. The number of hydrogen-bond acceptors (Lipinski definition) is 8. The zero-order valence-corrected chi connectivity index (χ0v) is 13.9. The molecule has 0 bridgehead atoms. The third-order valence-electron chi connectivity index (χ3n) is 2.41. The molecule has 0 aliphatic carbocycles. The highest BCUT2D eigenvalue weighted by Gasteiger charge is 2.26. The lowest BCUT2D eigenvalue weighted by molar-refractivity contribution is -0.387. The van der Waals surface area contributed by atoms with Gasteiger partial charge in [0.1, 0.15) is 0 Å². The van der Waals surface area contributed by atoms with Gasteiger partial charge in [0.2, 0.25) is 5.13 Å². The average Bonchev–Trinajstić information content (AvgIpc) is 2.91. The van der Waals surface area contributed by atoms with Crippen molar-refractivity contribution in [3.63, 3.8) is 0 Å². The maximum absolute atomic E-state index is 12.3. The molecule has 0 atom stereocenters. The number of sulfonamides is 1. The topological polar surface area (TPSA) is 115 Å². The molecule has 118 valence electrons. The van der Waals surface area contributed by atoms with Crippen LogP contribution in [-0.4, -0.2) is 29.3 Å². The number of thioether (sulfide) groups is 1. The zero-order valence-electron chi connectivity index (χ0n) is 11.4. The Morgan fingerprint density at radius 1 is 1.36 bits per heavy atom. The fourth-order valence-corrected chi connectivity index (χ4v) is 4.58. The molecular weight excluding hydrogens is 348 g/mol. The highest BCUT2D eigenvalue weighted by atomic mass is 32.2. The summed E-state index contributed by atoms with van der Waals surface area (Å²) >= 11 is 2.56. The molecule has 1 N–H and O–H groups in total. The number of hydrogen-bond donors (Lipinski definition) is 1. The molecule has 0 radical (unpaired) electrons. The Bertz CT molecular complexity index is 775. The summed E-state index contributed by atoms with van der Waals surface area (Å²) in [6.07, 6.45) is 0.960. The van der Waals surface area contributed by atoms with Crippen molar-refractivity contribution in [2.45, 2.75) is 22.6 Å². The first-order chi connectivity index (χ1) is 10.4. The van der Waals surface area contributed by atoms with Gasteiger partial charge in [0.15, 0.2) is 9.24 Å². The van der Waals surface area contributed by atoms with Gasteiger partial charge < -0.3 is 0 Å². The summed E-state index contributed by atoms with van der Waals surface area (Å²) in [7, 11) is -4.09. The maximum Gasteiger partial charge on any atom is 0.289 e. The molecule has 22 heavy (non-hydrogen) atoms. The van der Waals surface area contributed by atoms with E-state index < -0.39 is 25.5 Å². The smallest absolute Gasteiger partial charge is 0.258 e. The molecule has 1 aromatic carbocycles. The van der Waals surface area contributed by atoms with E-state index in [1.54, 1.807) is 0 Å². The first kappa shape index (κ1) is 16.6. The van der Waals surface area contributed by atoms with Gasteiger partial charge in [-0.15, -0.1) is 10.2 Å². The average molecular weight is 360 g/mol. The van der Waals surface area contributed by atoms with E-state index in [9.17, 15) is 18.5 Å². The Labute approximate surface area is 135 Å². The number of nitro groups is 1. The number of aromatic nitrogens is 2. The number of rotatable bonds is 7. The minimum atomic E-state index is -4.09. The van der Waals surface area contributed by atoms with Crippen LogP contribution in [0.2, 0.25) is 0 Å². The lowest BCUT2D eigenvalue weighted by Gasteiger charge is -2.04. The molecule has 0 amide bonds. The van der Waals surface area contributed by atoms with Gasteiger partial charge in [0, 0.05) is 11.8 Å². The van der Waals surface area contributed by atoms with Crippen LogP contribution < -0.4 is 4.72 Å². The number of anilines is 1. The molecule has 0 spiro atoms. The van der Waals surface area contributed by atoms with Crippen molar-refractivity contribution in [3.05, 3.63) is 34.4 Å². The molecular formula is C11H12N4O4S3. The van der Waals surface area contributed by atoms with E-state index in [0.717, 1.165) is 29.6 Å². The number of nitrogens with zero attached hydrogens (tertiary/aromatic N) is 3. The number of para-hydroxylation sites is 1. The van der Waals surface area contributed by atoms with Gasteiger partial charge in [-0.25, -0.2) is 8.42 Å². The van der Waals surface area contributed by atoms with Crippen molar-refractivity contribution in [1.29, 1.82) is 0 Å². The van der Waals surface area contributed by atoms with Crippen molar-refractivity contribution in [2.75, 3.05) is 10.5 Å². The summed E-state index contributed by atoms with van der Waals surface area (Å²) in [5.41, 5.74) is -0.486. The van der Waals surface area contributed by atoms with Gasteiger partial charge in [0.25, 0.3) is 15.7 Å². The molecule has 0 aliphatic rings. The van der Waals surface area contributed by atoms with Gasteiger partial charge in [-0.05, 0) is 12.5 Å². The summed E-state index contributed by atoms with van der Waals surface area (Å²) < 4.78 is 27.4. The third-order valence-corrected chi connectivity index (χ3v) is 6.10. The van der Waals surface area contributed by atoms with Crippen molar-refractivity contribution in [1.82, 2.24) is 10.2 Å². The predicted molar refractivity (Wildman–Crippen MR) is 84.8 cm³/mol. The quantitative estimate of drug-likeness (QED) is 0.458. The van der Waals surface area contributed by atoms with Crippen LogP contribution in [0.25, 0.3) is 0 Å². The van der Waals surface area contributed by atoms with Crippen LogP contribution in [-0.2, 0) is 10.0 Å². The van der Waals surface area contributed by atoms with Crippen LogP contribution >= 0.6 is 23.1 Å². The molecule has 0 unspecified atom stereocenters. The van der Waals surface area contributed by atoms with Gasteiger partial charge >= 0.3 is 0 Å². The molecule has 2 aromatic rings. The zero-order chi connectivity index (χ0) is 16.2. The second kappa shape index (κ2) is 7.03.